The number of ether oxygens (including phenoxy) is 1. The number of carboxylic acids is 1. The number of hydrogen-bond donors (Lipinski definition) is 2. The number of benzene rings is 2. The maximum Gasteiger partial charge on any atom is 0.407 e. The topological polar surface area (TPSA) is 95.9 Å². The van der Waals surface area contributed by atoms with Crippen molar-refractivity contribution in [2.75, 3.05) is 19.7 Å². The number of amides is 2. The van der Waals surface area contributed by atoms with Crippen molar-refractivity contribution in [2.45, 2.75) is 24.8 Å². The van der Waals surface area contributed by atoms with Gasteiger partial charge in [0.2, 0.25) is 5.91 Å². The highest BCUT2D eigenvalue weighted by molar-refractivity contribution is 5.84. The van der Waals surface area contributed by atoms with Gasteiger partial charge >= 0.3 is 12.1 Å². The van der Waals surface area contributed by atoms with Gasteiger partial charge in [0.1, 0.15) is 13.2 Å². The van der Waals surface area contributed by atoms with Crippen molar-refractivity contribution in [3.63, 3.8) is 0 Å². The van der Waals surface area contributed by atoms with Gasteiger partial charge in [-0.15, -0.1) is 6.58 Å². The van der Waals surface area contributed by atoms with Crippen LogP contribution >= 0.6 is 0 Å². The van der Waals surface area contributed by atoms with Crippen LogP contribution in [0.5, 0.6) is 0 Å². The number of aliphatic carboxylic acids is 1. The van der Waals surface area contributed by atoms with Gasteiger partial charge in [0.05, 0.1) is 6.04 Å². The first-order valence-corrected chi connectivity index (χ1v) is 11.4. The summed E-state index contributed by atoms with van der Waals surface area (Å²) in [6.07, 6.45) is 5.53. The Hall–Kier alpha value is -3.87. The summed E-state index contributed by atoms with van der Waals surface area (Å²) < 4.78 is 5.61. The van der Waals surface area contributed by atoms with Crippen molar-refractivity contribution in [3.05, 3.63) is 84.5 Å². The van der Waals surface area contributed by atoms with E-state index in [4.69, 9.17) is 9.84 Å². The SMILES string of the molecule is C=CCN(CC(=O)O)C(=O)C1CC=CC(NC(=O)OCC2c3ccccc3-c3ccccc32)C1. The zero-order valence-electron chi connectivity index (χ0n) is 18.9. The molecule has 34 heavy (non-hydrogen) atoms. The van der Waals surface area contributed by atoms with E-state index < -0.39 is 18.0 Å². The molecule has 2 aromatic carbocycles. The van der Waals surface area contributed by atoms with Crippen LogP contribution in [0.1, 0.15) is 29.9 Å². The minimum absolute atomic E-state index is 0.0298. The fraction of sp³-hybridized carbons (Fsp3) is 0.296. The van der Waals surface area contributed by atoms with E-state index in [0.717, 1.165) is 22.3 Å². The minimum atomic E-state index is -1.07. The molecule has 176 valence electrons. The molecular formula is C27H28N2O5. The predicted octanol–water partition coefficient (Wildman–Crippen LogP) is 3.96. The van der Waals surface area contributed by atoms with E-state index >= 15 is 0 Å². The van der Waals surface area contributed by atoms with Crippen molar-refractivity contribution < 1.29 is 24.2 Å². The van der Waals surface area contributed by atoms with Crippen LogP contribution in [0.2, 0.25) is 0 Å². The number of carbonyl (C=O) groups excluding carboxylic acids is 2. The van der Waals surface area contributed by atoms with Gasteiger partial charge in [-0.1, -0.05) is 66.8 Å². The summed E-state index contributed by atoms with van der Waals surface area (Å²) in [6.45, 7) is 3.59. The average molecular weight is 461 g/mol. The van der Waals surface area contributed by atoms with E-state index in [2.05, 4.69) is 36.2 Å². The molecule has 0 heterocycles. The predicted molar refractivity (Wildman–Crippen MR) is 128 cm³/mol. The Bertz CT molecular complexity index is 1080. The van der Waals surface area contributed by atoms with Crippen LogP contribution < -0.4 is 5.32 Å². The van der Waals surface area contributed by atoms with Gasteiger partial charge in [-0.3, -0.25) is 9.59 Å². The molecule has 2 aliphatic rings. The molecule has 2 unspecified atom stereocenters. The Balaban J connectivity index is 1.35. The smallest absolute Gasteiger partial charge is 0.407 e. The molecule has 0 bridgehead atoms. The first-order chi connectivity index (χ1) is 16.5. The van der Waals surface area contributed by atoms with Crippen molar-refractivity contribution in [2.24, 2.45) is 5.92 Å². The lowest BCUT2D eigenvalue weighted by molar-refractivity contribution is -0.146. The second-order valence-corrected chi connectivity index (χ2v) is 8.57. The molecule has 0 spiro atoms. The van der Waals surface area contributed by atoms with E-state index in [1.54, 1.807) is 0 Å². The normalized spacial score (nSPS) is 18.5. The molecule has 2 N–H and O–H groups in total. The van der Waals surface area contributed by atoms with Crippen molar-refractivity contribution in [1.82, 2.24) is 10.2 Å². The number of carbonyl (C=O) groups is 3. The van der Waals surface area contributed by atoms with E-state index in [0.29, 0.717) is 12.8 Å². The van der Waals surface area contributed by atoms with Gasteiger partial charge in [0.25, 0.3) is 0 Å². The first-order valence-electron chi connectivity index (χ1n) is 11.4. The van der Waals surface area contributed by atoms with Gasteiger partial charge in [-0.2, -0.15) is 0 Å². The third-order valence-electron chi connectivity index (χ3n) is 6.31. The summed E-state index contributed by atoms with van der Waals surface area (Å²) >= 11 is 0. The summed E-state index contributed by atoms with van der Waals surface area (Å²) in [7, 11) is 0. The average Bonchev–Trinajstić information content (AvgIpc) is 3.16. The number of nitrogens with zero attached hydrogens (tertiary/aromatic N) is 1. The molecule has 0 fully saturated rings. The van der Waals surface area contributed by atoms with Crippen LogP contribution in [0.15, 0.2) is 73.3 Å². The molecule has 2 atom stereocenters. The minimum Gasteiger partial charge on any atom is -0.480 e. The highest BCUT2D eigenvalue weighted by Gasteiger charge is 2.31. The van der Waals surface area contributed by atoms with Crippen molar-refractivity contribution in [3.8, 4) is 11.1 Å². The zero-order valence-corrected chi connectivity index (χ0v) is 18.9. The molecule has 2 aliphatic carbocycles. The maximum atomic E-state index is 12.8. The number of hydrogen-bond acceptors (Lipinski definition) is 4. The zero-order chi connectivity index (χ0) is 24.1. The first kappa shape index (κ1) is 23.3. The molecule has 0 aromatic heterocycles. The fourth-order valence-electron chi connectivity index (χ4n) is 4.80. The number of carboxylic acid groups (broad SMARTS) is 1. The lowest BCUT2D eigenvalue weighted by Gasteiger charge is -2.29. The number of fused-ring (bicyclic) bond motifs is 3. The molecular weight excluding hydrogens is 432 g/mol. The number of alkyl carbamates (subject to hydrolysis) is 1. The number of rotatable bonds is 8. The summed E-state index contributed by atoms with van der Waals surface area (Å²) in [5.41, 5.74) is 4.60. The molecule has 0 saturated heterocycles. The Morgan fingerprint density at radius 3 is 2.35 bits per heavy atom. The molecule has 0 aliphatic heterocycles. The summed E-state index contributed by atoms with van der Waals surface area (Å²) in [4.78, 5) is 37.8. The second-order valence-electron chi connectivity index (χ2n) is 8.57. The summed E-state index contributed by atoms with van der Waals surface area (Å²) in [5, 5.41) is 11.9. The molecule has 2 amide bonds. The van der Waals surface area contributed by atoms with Gasteiger partial charge < -0.3 is 20.1 Å². The van der Waals surface area contributed by atoms with E-state index in [1.165, 1.54) is 11.0 Å². The highest BCUT2D eigenvalue weighted by atomic mass is 16.5. The standard InChI is InChI=1S/C27H28N2O5/c1-2-14-29(16-25(30)31)26(32)18-8-7-9-19(15-18)28-27(33)34-17-24-22-12-5-3-10-20(22)21-11-4-6-13-23(21)24/h2-7,9-13,18-19,24H,1,8,14-17H2,(H,28,33)(H,30,31). The van der Waals surface area contributed by atoms with E-state index in [1.807, 2.05) is 36.4 Å². The summed E-state index contributed by atoms with van der Waals surface area (Å²) in [5.74, 6) is -1.78. The van der Waals surface area contributed by atoms with E-state index in [9.17, 15) is 14.4 Å². The van der Waals surface area contributed by atoms with Crippen LogP contribution in [0.25, 0.3) is 11.1 Å². The summed E-state index contributed by atoms with van der Waals surface area (Å²) in [6, 6.07) is 15.9. The quantitative estimate of drug-likeness (QED) is 0.582. The Labute approximate surface area is 198 Å². The monoisotopic (exact) mass is 460 g/mol. The Morgan fingerprint density at radius 2 is 1.74 bits per heavy atom. The molecule has 2 aromatic rings. The van der Waals surface area contributed by atoms with Crippen LogP contribution in [-0.2, 0) is 14.3 Å². The number of allylic oxidation sites excluding steroid dienone is 1. The Morgan fingerprint density at radius 1 is 1.09 bits per heavy atom. The van der Waals surface area contributed by atoms with Gasteiger partial charge in [-0.25, -0.2) is 4.79 Å². The fourth-order valence-corrected chi connectivity index (χ4v) is 4.80. The van der Waals surface area contributed by atoms with Crippen molar-refractivity contribution >= 4 is 18.0 Å². The largest absolute Gasteiger partial charge is 0.480 e. The third kappa shape index (κ3) is 5.03. The molecule has 0 radical (unpaired) electrons. The van der Waals surface area contributed by atoms with Crippen LogP contribution in [0.3, 0.4) is 0 Å². The molecule has 4 rings (SSSR count). The maximum absolute atomic E-state index is 12.8. The van der Waals surface area contributed by atoms with Crippen LogP contribution in [0.4, 0.5) is 4.79 Å². The van der Waals surface area contributed by atoms with Gasteiger partial charge in [0, 0.05) is 18.4 Å². The lowest BCUT2D eigenvalue weighted by Crippen LogP contribution is -2.44. The van der Waals surface area contributed by atoms with E-state index in [-0.39, 0.29) is 37.6 Å². The number of nitrogens with one attached hydrogen (secondary N) is 1. The molecule has 7 nitrogen and oxygen atoms in total. The third-order valence-corrected chi connectivity index (χ3v) is 6.31. The van der Waals surface area contributed by atoms with Crippen LogP contribution in [0, 0.1) is 5.92 Å². The van der Waals surface area contributed by atoms with Crippen molar-refractivity contribution in [1.29, 1.82) is 0 Å². The second kappa shape index (κ2) is 10.4. The lowest BCUT2D eigenvalue weighted by atomic mass is 9.90. The van der Waals surface area contributed by atoms with Gasteiger partial charge in [0.15, 0.2) is 0 Å². The Kier molecular flexibility index (Phi) is 7.11. The molecule has 7 heteroatoms. The molecule has 0 saturated carbocycles. The van der Waals surface area contributed by atoms with Crippen LogP contribution in [-0.4, -0.2) is 53.7 Å². The van der Waals surface area contributed by atoms with Gasteiger partial charge in [-0.05, 0) is 35.1 Å². The highest BCUT2D eigenvalue weighted by Crippen LogP contribution is 2.44.